The SMILES string of the molecule is CCC(=O)c1ccc2c(c1)N(C(=O)CC)CC(C(C)C)O2. The predicted octanol–water partition coefficient (Wildman–Crippen LogP) is 3.44. The van der Waals surface area contributed by atoms with Crippen LogP contribution in [0.2, 0.25) is 0 Å². The number of hydrogen-bond acceptors (Lipinski definition) is 3. The number of amides is 1. The largest absolute Gasteiger partial charge is 0.486 e. The van der Waals surface area contributed by atoms with Crippen LogP contribution in [0.1, 0.15) is 50.9 Å². The first-order chi connectivity index (χ1) is 9.97. The number of nitrogens with zero attached hydrogens (tertiary/aromatic N) is 1. The molecule has 1 atom stereocenters. The third-order valence-corrected chi connectivity index (χ3v) is 3.88. The lowest BCUT2D eigenvalue weighted by atomic mass is 10.0. The lowest BCUT2D eigenvalue weighted by molar-refractivity contribution is -0.118. The summed E-state index contributed by atoms with van der Waals surface area (Å²) >= 11 is 0. The highest BCUT2D eigenvalue weighted by molar-refractivity contribution is 6.00. The van der Waals surface area contributed by atoms with Gasteiger partial charge in [0.15, 0.2) is 5.78 Å². The number of ketones is 1. The summed E-state index contributed by atoms with van der Waals surface area (Å²) in [5.41, 5.74) is 1.36. The Morgan fingerprint density at radius 2 is 2.00 bits per heavy atom. The Bertz CT molecular complexity index is 551. The van der Waals surface area contributed by atoms with Gasteiger partial charge in [0.05, 0.1) is 12.2 Å². The van der Waals surface area contributed by atoms with Crippen molar-refractivity contribution in [1.82, 2.24) is 0 Å². The van der Waals surface area contributed by atoms with Gasteiger partial charge in [-0.2, -0.15) is 0 Å². The monoisotopic (exact) mass is 289 g/mol. The molecule has 0 spiro atoms. The number of ether oxygens (including phenoxy) is 1. The maximum Gasteiger partial charge on any atom is 0.226 e. The van der Waals surface area contributed by atoms with Crippen molar-refractivity contribution in [3.63, 3.8) is 0 Å². The highest BCUT2D eigenvalue weighted by Gasteiger charge is 2.31. The number of hydrogen-bond donors (Lipinski definition) is 0. The fourth-order valence-electron chi connectivity index (χ4n) is 2.46. The lowest BCUT2D eigenvalue weighted by Crippen LogP contribution is -2.45. The number of fused-ring (bicyclic) bond motifs is 1. The van der Waals surface area contributed by atoms with Crippen LogP contribution in [-0.4, -0.2) is 24.3 Å². The van der Waals surface area contributed by atoms with Crippen molar-refractivity contribution >= 4 is 17.4 Å². The van der Waals surface area contributed by atoms with Gasteiger partial charge >= 0.3 is 0 Å². The van der Waals surface area contributed by atoms with E-state index in [9.17, 15) is 9.59 Å². The van der Waals surface area contributed by atoms with Crippen LogP contribution >= 0.6 is 0 Å². The molecular formula is C17H23NO3. The maximum absolute atomic E-state index is 12.2. The Kier molecular flexibility index (Phi) is 4.66. The third kappa shape index (κ3) is 3.09. The zero-order chi connectivity index (χ0) is 15.6. The van der Waals surface area contributed by atoms with E-state index in [0.717, 1.165) is 5.69 Å². The van der Waals surface area contributed by atoms with Crippen LogP contribution in [0.3, 0.4) is 0 Å². The molecule has 0 aliphatic carbocycles. The van der Waals surface area contributed by atoms with Gasteiger partial charge in [-0.3, -0.25) is 9.59 Å². The summed E-state index contributed by atoms with van der Waals surface area (Å²) in [5.74, 6) is 1.15. The molecule has 1 aliphatic heterocycles. The molecule has 1 aliphatic rings. The third-order valence-electron chi connectivity index (χ3n) is 3.88. The van der Waals surface area contributed by atoms with E-state index in [1.807, 2.05) is 19.9 Å². The highest BCUT2D eigenvalue weighted by Crippen LogP contribution is 2.36. The second-order valence-electron chi connectivity index (χ2n) is 5.72. The molecule has 0 saturated carbocycles. The minimum absolute atomic E-state index is 0.0132. The van der Waals surface area contributed by atoms with Crippen LogP contribution in [0.15, 0.2) is 18.2 Å². The molecular weight excluding hydrogens is 266 g/mol. The smallest absolute Gasteiger partial charge is 0.226 e. The van der Waals surface area contributed by atoms with Gasteiger partial charge in [0.2, 0.25) is 5.91 Å². The minimum Gasteiger partial charge on any atom is -0.486 e. The zero-order valence-corrected chi connectivity index (χ0v) is 13.2. The quantitative estimate of drug-likeness (QED) is 0.798. The first kappa shape index (κ1) is 15.5. The van der Waals surface area contributed by atoms with E-state index in [1.54, 1.807) is 17.0 Å². The van der Waals surface area contributed by atoms with E-state index in [2.05, 4.69) is 13.8 Å². The zero-order valence-electron chi connectivity index (χ0n) is 13.2. The number of carbonyl (C=O) groups excluding carboxylic acids is 2. The van der Waals surface area contributed by atoms with E-state index in [0.29, 0.717) is 36.6 Å². The molecule has 1 amide bonds. The Labute approximate surface area is 126 Å². The summed E-state index contributed by atoms with van der Waals surface area (Å²) in [6.45, 7) is 8.39. The number of Topliss-reactive ketones (excluding diaryl/α,β-unsaturated/α-hetero) is 1. The first-order valence-electron chi connectivity index (χ1n) is 7.62. The number of carbonyl (C=O) groups is 2. The molecule has 0 aromatic heterocycles. The molecule has 1 heterocycles. The van der Waals surface area contributed by atoms with E-state index in [4.69, 9.17) is 4.74 Å². The molecule has 114 valence electrons. The number of anilines is 1. The second kappa shape index (κ2) is 6.29. The van der Waals surface area contributed by atoms with Gasteiger partial charge < -0.3 is 9.64 Å². The topological polar surface area (TPSA) is 46.6 Å². The molecule has 2 rings (SSSR count). The summed E-state index contributed by atoms with van der Waals surface area (Å²) in [7, 11) is 0. The Hall–Kier alpha value is -1.84. The van der Waals surface area contributed by atoms with E-state index in [1.165, 1.54) is 0 Å². The van der Waals surface area contributed by atoms with E-state index in [-0.39, 0.29) is 17.8 Å². The summed E-state index contributed by atoms with van der Waals surface area (Å²) < 4.78 is 5.98. The Morgan fingerprint density at radius 1 is 1.29 bits per heavy atom. The Morgan fingerprint density at radius 3 is 2.57 bits per heavy atom. The average molecular weight is 289 g/mol. The molecule has 1 aromatic rings. The van der Waals surface area contributed by atoms with Gasteiger partial charge in [0.1, 0.15) is 11.9 Å². The summed E-state index contributed by atoms with van der Waals surface area (Å²) in [5, 5.41) is 0. The molecule has 1 unspecified atom stereocenters. The van der Waals surface area contributed by atoms with E-state index < -0.39 is 0 Å². The number of rotatable bonds is 4. The first-order valence-corrected chi connectivity index (χ1v) is 7.62. The maximum atomic E-state index is 12.2. The van der Waals surface area contributed by atoms with E-state index >= 15 is 0 Å². The van der Waals surface area contributed by atoms with Gasteiger partial charge in [-0.25, -0.2) is 0 Å². The lowest BCUT2D eigenvalue weighted by Gasteiger charge is -2.36. The van der Waals surface area contributed by atoms with Gasteiger partial charge in [-0.1, -0.05) is 27.7 Å². The van der Waals surface area contributed by atoms with Crippen molar-refractivity contribution < 1.29 is 14.3 Å². The van der Waals surface area contributed by atoms with Crippen LogP contribution in [0.5, 0.6) is 5.75 Å². The van der Waals surface area contributed by atoms with Gasteiger partial charge in [0, 0.05) is 18.4 Å². The van der Waals surface area contributed by atoms with Gasteiger partial charge in [-0.15, -0.1) is 0 Å². The fourth-order valence-corrected chi connectivity index (χ4v) is 2.46. The van der Waals surface area contributed by atoms with Crippen molar-refractivity contribution in [2.45, 2.75) is 46.6 Å². The van der Waals surface area contributed by atoms with Crippen molar-refractivity contribution in [2.75, 3.05) is 11.4 Å². The van der Waals surface area contributed by atoms with Crippen LogP contribution in [0.25, 0.3) is 0 Å². The fraction of sp³-hybridized carbons (Fsp3) is 0.529. The van der Waals surface area contributed by atoms with Crippen LogP contribution in [-0.2, 0) is 4.79 Å². The molecule has 1 aromatic carbocycles. The average Bonchev–Trinajstić information content (AvgIpc) is 2.51. The van der Waals surface area contributed by atoms with Crippen LogP contribution in [0.4, 0.5) is 5.69 Å². The summed E-state index contributed by atoms with van der Waals surface area (Å²) in [4.78, 5) is 25.9. The molecule has 0 bridgehead atoms. The summed E-state index contributed by atoms with van der Waals surface area (Å²) in [6.07, 6.45) is 0.882. The second-order valence-corrected chi connectivity index (χ2v) is 5.72. The summed E-state index contributed by atoms with van der Waals surface area (Å²) in [6, 6.07) is 5.37. The molecule has 0 N–H and O–H groups in total. The van der Waals surface area contributed by atoms with Crippen molar-refractivity contribution in [2.24, 2.45) is 5.92 Å². The predicted molar refractivity (Wildman–Crippen MR) is 83.0 cm³/mol. The van der Waals surface area contributed by atoms with Crippen LogP contribution in [0, 0.1) is 5.92 Å². The number of benzene rings is 1. The van der Waals surface area contributed by atoms with Crippen LogP contribution < -0.4 is 9.64 Å². The molecule has 0 fully saturated rings. The normalized spacial score (nSPS) is 17.4. The Balaban J connectivity index is 2.44. The molecule has 21 heavy (non-hydrogen) atoms. The molecule has 4 nitrogen and oxygen atoms in total. The van der Waals surface area contributed by atoms with Crippen molar-refractivity contribution in [3.8, 4) is 5.75 Å². The van der Waals surface area contributed by atoms with Gasteiger partial charge in [-0.05, 0) is 24.1 Å². The molecule has 0 saturated heterocycles. The van der Waals surface area contributed by atoms with Crippen molar-refractivity contribution in [3.05, 3.63) is 23.8 Å². The highest BCUT2D eigenvalue weighted by atomic mass is 16.5. The molecule has 4 heteroatoms. The standard InChI is InChI=1S/C17H23NO3/c1-5-14(19)12-7-8-15-13(9-12)18(17(20)6-2)10-16(21-15)11(3)4/h7-9,11,16H,5-6,10H2,1-4H3. The minimum atomic E-state index is -0.0132. The van der Waals surface area contributed by atoms with Crippen molar-refractivity contribution in [1.29, 1.82) is 0 Å². The van der Waals surface area contributed by atoms with Gasteiger partial charge in [0.25, 0.3) is 0 Å². The molecule has 0 radical (unpaired) electrons.